The number of aromatic carboxylic acids is 1. The average molecular weight is 397 g/mol. The molecule has 0 bridgehead atoms. The molecule has 1 atom stereocenters. The van der Waals surface area contributed by atoms with E-state index in [0.29, 0.717) is 40.1 Å². The van der Waals surface area contributed by atoms with Crippen LogP contribution in [0.3, 0.4) is 0 Å². The normalized spacial score (nSPS) is 18.9. The van der Waals surface area contributed by atoms with Crippen LogP contribution in [0.15, 0.2) is 22.7 Å². The van der Waals surface area contributed by atoms with Crippen LogP contribution < -0.4 is 0 Å². The van der Waals surface area contributed by atoms with E-state index >= 15 is 0 Å². The quantitative estimate of drug-likeness (QED) is 0.537. The number of H-pyrrole nitrogens is 1. The molecule has 9 heteroatoms. The van der Waals surface area contributed by atoms with Crippen molar-refractivity contribution >= 4 is 38.9 Å². The molecule has 150 valence electrons. The van der Waals surface area contributed by atoms with Crippen LogP contribution in [-0.4, -0.2) is 45.5 Å². The number of nitrogens with one attached hydrogen (secondary N) is 1. The van der Waals surface area contributed by atoms with Crippen LogP contribution in [0.5, 0.6) is 0 Å². The van der Waals surface area contributed by atoms with E-state index in [1.54, 1.807) is 0 Å². The second kappa shape index (κ2) is 6.24. The number of carbonyl (C=O) groups is 1. The summed E-state index contributed by atoms with van der Waals surface area (Å²) in [6.07, 6.45) is 1.11. The molecule has 2 N–H and O–H groups in total. The molecule has 1 aliphatic rings. The fourth-order valence-corrected chi connectivity index (χ4v) is 3.86. The lowest BCUT2D eigenvalue weighted by atomic mass is 10.0. The van der Waals surface area contributed by atoms with E-state index in [1.165, 1.54) is 13.3 Å². The highest BCUT2D eigenvalue weighted by atomic mass is 16.7. The van der Waals surface area contributed by atoms with Gasteiger partial charge in [0, 0.05) is 29.0 Å². The molecule has 1 aliphatic heterocycles. The summed E-state index contributed by atoms with van der Waals surface area (Å²) in [5.41, 5.74) is 3.15. The lowest BCUT2D eigenvalue weighted by Gasteiger charge is -2.15. The molecule has 5 rings (SSSR count). The summed E-state index contributed by atoms with van der Waals surface area (Å²) < 4.78 is 22.7. The van der Waals surface area contributed by atoms with Gasteiger partial charge in [0.1, 0.15) is 5.52 Å². The van der Waals surface area contributed by atoms with Gasteiger partial charge in [-0.2, -0.15) is 0 Å². The molecule has 1 saturated heterocycles. The zero-order chi connectivity index (χ0) is 20.3. The molecular formula is C20H19N3O6. The van der Waals surface area contributed by atoms with Crippen LogP contribution in [0.25, 0.3) is 32.9 Å². The Morgan fingerprint density at radius 2 is 2.17 bits per heavy atom. The van der Waals surface area contributed by atoms with Crippen molar-refractivity contribution < 1.29 is 28.5 Å². The number of oxazole rings is 1. The lowest BCUT2D eigenvalue weighted by molar-refractivity contribution is -0.141. The van der Waals surface area contributed by atoms with Crippen LogP contribution >= 0.6 is 0 Å². The number of hydrogen-bond donors (Lipinski definition) is 2. The molecule has 0 aliphatic carbocycles. The van der Waals surface area contributed by atoms with Crippen molar-refractivity contribution in [3.05, 3.63) is 35.5 Å². The minimum absolute atomic E-state index is 0.0461. The molecular weight excluding hydrogens is 378 g/mol. The molecule has 0 amide bonds. The average Bonchev–Trinajstić information content (AvgIpc) is 3.34. The Kier molecular flexibility index (Phi) is 3.89. The third-order valence-electron chi connectivity index (χ3n) is 5.05. The Labute approximate surface area is 164 Å². The first-order valence-corrected chi connectivity index (χ1v) is 9.14. The number of carboxylic acids is 1. The number of aromatic nitrogens is 3. The molecule has 0 saturated carbocycles. The van der Waals surface area contributed by atoms with Crippen LogP contribution in [0.4, 0.5) is 0 Å². The standard InChI is InChI=1S/C20H19N3O6/c1-20(2)27-8-13(29-20)18-23-17-12(28-18)5-4-10-15(17)14-9(7-26-3)16(19(24)25)21-6-11(14)22-10/h4-6,13,22H,7-8H2,1-3H3,(H,24,25). The van der Waals surface area contributed by atoms with Crippen molar-refractivity contribution in [2.75, 3.05) is 13.7 Å². The van der Waals surface area contributed by atoms with Gasteiger partial charge in [0.25, 0.3) is 0 Å². The maximum atomic E-state index is 11.7. The number of fused-ring (bicyclic) bond motifs is 5. The van der Waals surface area contributed by atoms with E-state index in [1.807, 2.05) is 26.0 Å². The van der Waals surface area contributed by atoms with Crippen LogP contribution in [0.2, 0.25) is 0 Å². The number of carboxylic acid groups (broad SMARTS) is 1. The second-order valence-electron chi connectivity index (χ2n) is 7.44. The predicted octanol–water partition coefficient (Wildman–Crippen LogP) is 3.53. The maximum absolute atomic E-state index is 11.7. The van der Waals surface area contributed by atoms with Crippen molar-refractivity contribution in [1.82, 2.24) is 15.0 Å². The molecule has 3 aromatic heterocycles. The van der Waals surface area contributed by atoms with E-state index in [4.69, 9.17) is 18.6 Å². The Morgan fingerprint density at radius 3 is 2.86 bits per heavy atom. The van der Waals surface area contributed by atoms with Crippen molar-refractivity contribution in [3.8, 4) is 0 Å². The summed E-state index contributed by atoms with van der Waals surface area (Å²) in [5, 5.41) is 11.1. The van der Waals surface area contributed by atoms with E-state index in [9.17, 15) is 9.90 Å². The summed E-state index contributed by atoms with van der Waals surface area (Å²) in [6.45, 7) is 4.13. The Balaban J connectivity index is 1.79. The number of pyridine rings is 1. The molecule has 1 fully saturated rings. The van der Waals surface area contributed by atoms with Crippen LogP contribution in [-0.2, 0) is 20.8 Å². The van der Waals surface area contributed by atoms with Gasteiger partial charge in [0.2, 0.25) is 5.89 Å². The van der Waals surface area contributed by atoms with E-state index < -0.39 is 17.9 Å². The third-order valence-corrected chi connectivity index (χ3v) is 5.05. The molecule has 0 radical (unpaired) electrons. The van der Waals surface area contributed by atoms with Gasteiger partial charge in [0.05, 0.1) is 24.9 Å². The van der Waals surface area contributed by atoms with Crippen molar-refractivity contribution in [2.45, 2.75) is 32.3 Å². The van der Waals surface area contributed by atoms with Crippen molar-refractivity contribution in [2.24, 2.45) is 0 Å². The fourth-order valence-electron chi connectivity index (χ4n) is 3.86. The molecule has 1 unspecified atom stereocenters. The highest BCUT2D eigenvalue weighted by molar-refractivity contribution is 6.20. The van der Waals surface area contributed by atoms with Crippen molar-refractivity contribution in [1.29, 1.82) is 0 Å². The van der Waals surface area contributed by atoms with Gasteiger partial charge in [-0.05, 0) is 26.0 Å². The van der Waals surface area contributed by atoms with Gasteiger partial charge in [-0.15, -0.1) is 0 Å². The number of ether oxygens (including phenoxy) is 3. The van der Waals surface area contributed by atoms with Gasteiger partial charge in [-0.25, -0.2) is 14.8 Å². The van der Waals surface area contributed by atoms with E-state index in [2.05, 4.69) is 15.0 Å². The summed E-state index contributed by atoms with van der Waals surface area (Å²) in [5.74, 6) is -1.39. The minimum atomic E-state index is -1.11. The van der Waals surface area contributed by atoms with Crippen molar-refractivity contribution in [3.63, 3.8) is 0 Å². The summed E-state index contributed by atoms with van der Waals surface area (Å²) >= 11 is 0. The highest BCUT2D eigenvalue weighted by Gasteiger charge is 2.36. The zero-order valence-corrected chi connectivity index (χ0v) is 16.1. The topological polar surface area (TPSA) is 120 Å². The fraction of sp³-hybridized carbons (Fsp3) is 0.350. The highest BCUT2D eigenvalue weighted by Crippen LogP contribution is 2.38. The lowest BCUT2D eigenvalue weighted by Crippen LogP contribution is -2.19. The molecule has 4 aromatic rings. The van der Waals surface area contributed by atoms with Gasteiger partial charge >= 0.3 is 5.97 Å². The number of methoxy groups -OCH3 is 1. The zero-order valence-electron chi connectivity index (χ0n) is 16.1. The third kappa shape index (κ3) is 2.78. The predicted molar refractivity (Wildman–Crippen MR) is 103 cm³/mol. The van der Waals surface area contributed by atoms with E-state index in [0.717, 1.165) is 10.9 Å². The minimum Gasteiger partial charge on any atom is -0.477 e. The first-order chi connectivity index (χ1) is 13.9. The monoisotopic (exact) mass is 397 g/mol. The molecule has 0 spiro atoms. The first-order valence-electron chi connectivity index (χ1n) is 9.14. The largest absolute Gasteiger partial charge is 0.477 e. The number of benzene rings is 1. The summed E-state index contributed by atoms with van der Waals surface area (Å²) in [4.78, 5) is 23.8. The first kappa shape index (κ1) is 18.0. The Bertz CT molecular complexity index is 1270. The molecule has 4 heterocycles. The number of aromatic amines is 1. The Morgan fingerprint density at radius 1 is 1.34 bits per heavy atom. The number of hydrogen-bond acceptors (Lipinski definition) is 7. The van der Waals surface area contributed by atoms with Crippen LogP contribution in [0, 0.1) is 0 Å². The summed E-state index contributed by atoms with van der Waals surface area (Å²) in [7, 11) is 1.52. The summed E-state index contributed by atoms with van der Waals surface area (Å²) in [6, 6.07) is 3.70. The number of nitrogens with zero attached hydrogens (tertiary/aromatic N) is 2. The van der Waals surface area contributed by atoms with Crippen LogP contribution in [0.1, 0.15) is 41.9 Å². The van der Waals surface area contributed by atoms with Gasteiger partial charge in [-0.1, -0.05) is 0 Å². The second-order valence-corrected chi connectivity index (χ2v) is 7.44. The van der Waals surface area contributed by atoms with Gasteiger partial charge in [-0.3, -0.25) is 0 Å². The Hall–Kier alpha value is -3.01. The maximum Gasteiger partial charge on any atom is 0.354 e. The molecule has 29 heavy (non-hydrogen) atoms. The smallest absolute Gasteiger partial charge is 0.354 e. The molecule has 1 aromatic carbocycles. The molecule has 9 nitrogen and oxygen atoms in total. The van der Waals surface area contributed by atoms with Gasteiger partial charge < -0.3 is 28.7 Å². The SMILES string of the molecule is COCc1c(C(=O)O)ncc2[nH]c3ccc4oc(C5COC(C)(C)O5)nc4c3c12. The van der Waals surface area contributed by atoms with E-state index in [-0.39, 0.29) is 12.3 Å². The van der Waals surface area contributed by atoms with Gasteiger partial charge in [0.15, 0.2) is 23.2 Å². The number of rotatable bonds is 4.